The first kappa shape index (κ1) is 20.5. The minimum absolute atomic E-state index is 0.124. The number of ether oxygens (including phenoxy) is 1. The van der Waals surface area contributed by atoms with Crippen LogP contribution in [0.2, 0.25) is 5.02 Å². The lowest BCUT2D eigenvalue weighted by Crippen LogP contribution is -2.12. The predicted molar refractivity (Wildman–Crippen MR) is 106 cm³/mol. The van der Waals surface area contributed by atoms with Crippen LogP contribution in [0.3, 0.4) is 0 Å². The smallest absolute Gasteiger partial charge is 0.227 e. The average molecular weight is 414 g/mol. The van der Waals surface area contributed by atoms with Gasteiger partial charge in [-0.15, -0.1) is 11.8 Å². The number of nitrogens with one attached hydrogen (secondary N) is 1. The highest BCUT2D eigenvalue weighted by molar-refractivity contribution is 8.01. The van der Waals surface area contributed by atoms with E-state index in [1.165, 1.54) is 23.1 Å². The van der Waals surface area contributed by atoms with Crippen LogP contribution in [-0.2, 0) is 9.59 Å². The van der Waals surface area contributed by atoms with Crippen molar-refractivity contribution in [3.8, 4) is 5.75 Å². The molecule has 0 radical (unpaired) electrons. The number of rotatable bonds is 9. The molecule has 0 saturated heterocycles. The van der Waals surface area contributed by atoms with E-state index < -0.39 is 0 Å². The Labute approximate surface area is 165 Å². The number of benzene rings is 1. The first-order chi connectivity index (χ1) is 12.3. The number of primary amides is 1. The summed E-state index contributed by atoms with van der Waals surface area (Å²) >= 11 is 8.63. The van der Waals surface area contributed by atoms with Gasteiger partial charge in [0.05, 0.1) is 22.3 Å². The van der Waals surface area contributed by atoms with Crippen molar-refractivity contribution in [1.82, 2.24) is 4.98 Å². The second-order valence-electron chi connectivity index (χ2n) is 5.56. The molecular weight excluding hydrogens is 394 g/mol. The van der Waals surface area contributed by atoms with Crippen LogP contribution in [0.1, 0.15) is 24.1 Å². The molecule has 1 aromatic heterocycles. The van der Waals surface area contributed by atoms with E-state index in [0.717, 1.165) is 21.2 Å². The number of nitrogens with zero attached hydrogens (tertiary/aromatic N) is 1. The van der Waals surface area contributed by atoms with Crippen LogP contribution in [0.15, 0.2) is 22.4 Å². The standard InChI is InChI=1S/C17H20ClN3O3S2/c1-10-8-12(5-6-13(10)18)24-7-3-4-15(23)21-17-20-11(2)16(26-17)25-9-14(19)22/h5-6,8H,3-4,7,9H2,1-2H3,(H2,19,22)(H,20,21,23). The molecule has 1 aromatic carbocycles. The van der Waals surface area contributed by atoms with Gasteiger partial charge in [-0.3, -0.25) is 9.59 Å². The van der Waals surface area contributed by atoms with Gasteiger partial charge in [-0.2, -0.15) is 0 Å². The van der Waals surface area contributed by atoms with Crippen LogP contribution in [-0.4, -0.2) is 29.2 Å². The Bertz CT molecular complexity index is 796. The largest absolute Gasteiger partial charge is 0.494 e. The van der Waals surface area contributed by atoms with Gasteiger partial charge in [0.15, 0.2) is 5.13 Å². The Hall–Kier alpha value is -1.77. The molecule has 1 heterocycles. The summed E-state index contributed by atoms with van der Waals surface area (Å²) in [4.78, 5) is 27.2. The second kappa shape index (κ2) is 9.80. The topological polar surface area (TPSA) is 94.3 Å². The molecule has 140 valence electrons. The normalized spacial score (nSPS) is 10.6. The number of hydrogen-bond acceptors (Lipinski definition) is 6. The van der Waals surface area contributed by atoms with Crippen LogP contribution >= 0.6 is 34.7 Å². The summed E-state index contributed by atoms with van der Waals surface area (Å²) in [6.07, 6.45) is 0.913. The van der Waals surface area contributed by atoms with Gasteiger partial charge < -0.3 is 15.8 Å². The summed E-state index contributed by atoms with van der Waals surface area (Å²) < 4.78 is 6.50. The highest BCUT2D eigenvalue weighted by Crippen LogP contribution is 2.31. The molecule has 0 aliphatic heterocycles. The molecule has 26 heavy (non-hydrogen) atoms. The van der Waals surface area contributed by atoms with Crippen molar-refractivity contribution >= 4 is 51.6 Å². The van der Waals surface area contributed by atoms with Gasteiger partial charge in [0.25, 0.3) is 0 Å². The molecule has 3 N–H and O–H groups in total. The minimum atomic E-state index is -0.385. The monoisotopic (exact) mass is 413 g/mol. The van der Waals surface area contributed by atoms with Crippen molar-refractivity contribution in [2.75, 3.05) is 17.7 Å². The summed E-state index contributed by atoms with van der Waals surface area (Å²) in [5.41, 5.74) is 6.87. The van der Waals surface area contributed by atoms with E-state index in [-0.39, 0.29) is 17.6 Å². The van der Waals surface area contributed by atoms with Crippen molar-refractivity contribution in [3.05, 3.63) is 34.5 Å². The van der Waals surface area contributed by atoms with Crippen molar-refractivity contribution in [2.24, 2.45) is 5.73 Å². The van der Waals surface area contributed by atoms with Crippen molar-refractivity contribution in [2.45, 2.75) is 30.9 Å². The van der Waals surface area contributed by atoms with Gasteiger partial charge in [0.1, 0.15) is 5.75 Å². The zero-order valence-electron chi connectivity index (χ0n) is 14.5. The second-order valence-corrected chi connectivity index (χ2v) is 8.21. The summed E-state index contributed by atoms with van der Waals surface area (Å²) in [7, 11) is 0. The first-order valence-electron chi connectivity index (χ1n) is 7.92. The first-order valence-corrected chi connectivity index (χ1v) is 10.1. The van der Waals surface area contributed by atoms with E-state index in [4.69, 9.17) is 22.1 Å². The molecule has 0 bridgehead atoms. The maximum absolute atomic E-state index is 12.0. The van der Waals surface area contributed by atoms with Gasteiger partial charge in [0, 0.05) is 11.4 Å². The number of carbonyl (C=O) groups excluding carboxylic acids is 2. The number of thiazole rings is 1. The Morgan fingerprint density at radius 3 is 2.85 bits per heavy atom. The Morgan fingerprint density at radius 2 is 2.15 bits per heavy atom. The predicted octanol–water partition coefficient (Wildman–Crippen LogP) is 3.79. The van der Waals surface area contributed by atoms with Crippen LogP contribution < -0.4 is 15.8 Å². The van der Waals surface area contributed by atoms with E-state index >= 15 is 0 Å². The third-order valence-electron chi connectivity index (χ3n) is 3.29. The molecule has 0 aliphatic carbocycles. The number of amides is 2. The zero-order chi connectivity index (χ0) is 19.1. The third-order valence-corrected chi connectivity index (χ3v) is 6.17. The van der Waals surface area contributed by atoms with Gasteiger partial charge in [0.2, 0.25) is 11.8 Å². The van der Waals surface area contributed by atoms with Crippen molar-refractivity contribution in [3.63, 3.8) is 0 Å². The number of aryl methyl sites for hydroxylation is 2. The summed E-state index contributed by atoms with van der Waals surface area (Å²) in [6.45, 7) is 4.18. The molecule has 2 aromatic rings. The number of aromatic nitrogens is 1. The molecule has 0 unspecified atom stereocenters. The Morgan fingerprint density at radius 1 is 1.38 bits per heavy atom. The molecule has 0 fully saturated rings. The highest BCUT2D eigenvalue weighted by Gasteiger charge is 2.12. The molecule has 9 heteroatoms. The van der Waals surface area contributed by atoms with E-state index in [1.54, 1.807) is 12.1 Å². The SMILES string of the molecule is Cc1cc(OCCCC(=O)Nc2nc(C)c(SCC(N)=O)s2)ccc1Cl. The van der Waals surface area contributed by atoms with Crippen LogP contribution in [0, 0.1) is 13.8 Å². The summed E-state index contributed by atoms with van der Waals surface area (Å²) in [5, 5.41) is 3.99. The van der Waals surface area contributed by atoms with E-state index in [2.05, 4.69) is 10.3 Å². The zero-order valence-corrected chi connectivity index (χ0v) is 16.9. The maximum atomic E-state index is 12.0. The molecule has 0 atom stereocenters. The Kier molecular flexibility index (Phi) is 7.74. The molecule has 0 saturated carbocycles. The summed E-state index contributed by atoms with van der Waals surface area (Å²) in [6, 6.07) is 5.46. The van der Waals surface area contributed by atoms with Gasteiger partial charge in [-0.05, 0) is 44.0 Å². The third kappa shape index (κ3) is 6.51. The molecular formula is C17H20ClN3O3S2. The van der Waals surface area contributed by atoms with Crippen molar-refractivity contribution < 1.29 is 14.3 Å². The van der Waals surface area contributed by atoms with E-state index in [0.29, 0.717) is 29.6 Å². The van der Waals surface area contributed by atoms with Crippen molar-refractivity contribution in [1.29, 1.82) is 0 Å². The summed E-state index contributed by atoms with van der Waals surface area (Å²) in [5.74, 6) is 0.419. The lowest BCUT2D eigenvalue weighted by molar-refractivity contribution is -0.116. The fraction of sp³-hybridized carbons (Fsp3) is 0.353. The number of anilines is 1. The molecule has 0 spiro atoms. The number of hydrogen-bond donors (Lipinski definition) is 2. The number of carbonyl (C=O) groups is 2. The van der Waals surface area contributed by atoms with Crippen LogP contribution in [0.5, 0.6) is 5.75 Å². The highest BCUT2D eigenvalue weighted by atomic mass is 35.5. The fourth-order valence-corrected chi connectivity index (χ4v) is 4.03. The molecule has 6 nitrogen and oxygen atoms in total. The number of halogens is 1. The molecule has 0 aliphatic rings. The molecule has 2 amide bonds. The van der Waals surface area contributed by atoms with E-state index in [9.17, 15) is 9.59 Å². The quantitative estimate of drug-likeness (QED) is 0.481. The fourth-order valence-electron chi connectivity index (χ4n) is 2.02. The average Bonchev–Trinajstić information content (AvgIpc) is 2.92. The van der Waals surface area contributed by atoms with Gasteiger partial charge in [-0.25, -0.2) is 4.98 Å². The molecule has 2 rings (SSSR count). The van der Waals surface area contributed by atoms with Gasteiger partial charge in [-0.1, -0.05) is 22.9 Å². The lowest BCUT2D eigenvalue weighted by atomic mass is 10.2. The van der Waals surface area contributed by atoms with Gasteiger partial charge >= 0.3 is 0 Å². The minimum Gasteiger partial charge on any atom is -0.494 e. The van der Waals surface area contributed by atoms with Crippen LogP contribution in [0.4, 0.5) is 5.13 Å². The maximum Gasteiger partial charge on any atom is 0.227 e. The number of thioether (sulfide) groups is 1. The van der Waals surface area contributed by atoms with E-state index in [1.807, 2.05) is 19.9 Å². The Balaban J connectivity index is 1.74. The number of nitrogens with two attached hydrogens (primary N) is 1. The van der Waals surface area contributed by atoms with Crippen LogP contribution in [0.25, 0.3) is 0 Å². The lowest BCUT2D eigenvalue weighted by Gasteiger charge is -2.07.